The number of hydrogen-bond acceptors (Lipinski definition) is 3. The minimum atomic E-state index is -0.242. The molecule has 0 saturated carbocycles. The molecule has 2 N–H and O–H groups in total. The van der Waals surface area contributed by atoms with E-state index in [1.54, 1.807) is 13.1 Å². The number of carbonyl (C=O) groups excluding carboxylic acids is 1. The van der Waals surface area contributed by atoms with Gasteiger partial charge >= 0.3 is 0 Å². The Morgan fingerprint density at radius 2 is 2.00 bits per heavy atom. The molecule has 2 rings (SSSR count). The summed E-state index contributed by atoms with van der Waals surface area (Å²) < 4.78 is 5.28. The molecule has 0 radical (unpaired) electrons. The van der Waals surface area contributed by atoms with Crippen LogP contribution in [0.15, 0.2) is 47.4 Å². The molecule has 1 heterocycles. The standard InChI is InChI=1S/C16H18N2O3/c1-12-16(14(19)8-10-17-12)21-11-15(20)18-9-7-13-5-3-2-4-6-13/h2-6,8,10H,7,9,11H2,1H3,(H,17,19)(H,18,20). The van der Waals surface area contributed by atoms with Crippen molar-refractivity contribution in [3.05, 3.63) is 64.1 Å². The summed E-state index contributed by atoms with van der Waals surface area (Å²) in [6.45, 7) is 2.10. The molecule has 0 unspecified atom stereocenters. The maximum atomic E-state index is 11.7. The van der Waals surface area contributed by atoms with E-state index < -0.39 is 0 Å². The van der Waals surface area contributed by atoms with Crippen LogP contribution in [0.5, 0.6) is 5.75 Å². The highest BCUT2D eigenvalue weighted by Gasteiger charge is 2.07. The van der Waals surface area contributed by atoms with Crippen LogP contribution in [0.3, 0.4) is 0 Å². The van der Waals surface area contributed by atoms with Gasteiger partial charge in [-0.2, -0.15) is 0 Å². The van der Waals surface area contributed by atoms with E-state index in [9.17, 15) is 9.59 Å². The zero-order valence-corrected chi connectivity index (χ0v) is 11.9. The van der Waals surface area contributed by atoms with Crippen molar-refractivity contribution in [3.63, 3.8) is 0 Å². The van der Waals surface area contributed by atoms with Gasteiger partial charge in [-0.05, 0) is 18.9 Å². The highest BCUT2D eigenvalue weighted by Crippen LogP contribution is 2.07. The van der Waals surface area contributed by atoms with E-state index in [0.29, 0.717) is 12.2 Å². The monoisotopic (exact) mass is 286 g/mol. The van der Waals surface area contributed by atoms with Gasteiger partial charge in [0.05, 0.1) is 5.69 Å². The molecule has 2 aromatic rings. The van der Waals surface area contributed by atoms with Crippen molar-refractivity contribution >= 4 is 5.91 Å². The van der Waals surface area contributed by atoms with Crippen LogP contribution in [0.4, 0.5) is 0 Å². The molecular formula is C16H18N2O3. The third kappa shape index (κ3) is 4.49. The number of aromatic nitrogens is 1. The van der Waals surface area contributed by atoms with Crippen molar-refractivity contribution in [2.45, 2.75) is 13.3 Å². The Labute approximate surface area is 123 Å². The number of carbonyl (C=O) groups is 1. The Bertz CT molecular complexity index is 650. The van der Waals surface area contributed by atoms with E-state index in [1.807, 2.05) is 30.3 Å². The highest BCUT2D eigenvalue weighted by atomic mass is 16.5. The number of nitrogens with one attached hydrogen (secondary N) is 2. The van der Waals surface area contributed by atoms with Gasteiger partial charge in [0.1, 0.15) is 0 Å². The maximum Gasteiger partial charge on any atom is 0.257 e. The zero-order valence-electron chi connectivity index (χ0n) is 11.9. The van der Waals surface area contributed by atoms with Crippen molar-refractivity contribution in [1.29, 1.82) is 0 Å². The SMILES string of the molecule is Cc1[nH]ccc(=O)c1OCC(=O)NCCc1ccccc1. The van der Waals surface area contributed by atoms with Gasteiger partial charge in [-0.1, -0.05) is 30.3 Å². The Balaban J connectivity index is 1.76. The van der Waals surface area contributed by atoms with E-state index >= 15 is 0 Å². The first kappa shape index (κ1) is 14.8. The quantitative estimate of drug-likeness (QED) is 0.843. The van der Waals surface area contributed by atoms with Crippen LogP contribution in [0, 0.1) is 6.92 Å². The summed E-state index contributed by atoms with van der Waals surface area (Å²) in [4.78, 5) is 26.1. The minimum absolute atomic E-state index is 0.164. The van der Waals surface area contributed by atoms with E-state index in [2.05, 4.69) is 10.3 Å². The summed E-state index contributed by atoms with van der Waals surface area (Å²) >= 11 is 0. The molecule has 0 atom stereocenters. The molecule has 0 aliphatic heterocycles. The number of ether oxygens (including phenoxy) is 1. The number of benzene rings is 1. The maximum absolute atomic E-state index is 11.7. The molecule has 110 valence electrons. The second kappa shape index (κ2) is 7.28. The molecule has 1 aromatic heterocycles. The van der Waals surface area contributed by atoms with Crippen LogP contribution < -0.4 is 15.5 Å². The molecule has 5 heteroatoms. The van der Waals surface area contributed by atoms with Crippen LogP contribution in [0.2, 0.25) is 0 Å². The van der Waals surface area contributed by atoms with Gasteiger partial charge in [-0.3, -0.25) is 9.59 Å². The molecule has 21 heavy (non-hydrogen) atoms. The van der Waals surface area contributed by atoms with Crippen LogP contribution in [0.25, 0.3) is 0 Å². The van der Waals surface area contributed by atoms with Gasteiger partial charge in [-0.15, -0.1) is 0 Å². The summed E-state index contributed by atoms with van der Waals surface area (Å²) in [5.74, 6) is -0.0516. The average Bonchev–Trinajstić information content (AvgIpc) is 2.48. The lowest BCUT2D eigenvalue weighted by Gasteiger charge is -2.08. The Hall–Kier alpha value is -2.56. The van der Waals surface area contributed by atoms with Gasteiger partial charge in [0.2, 0.25) is 5.43 Å². The highest BCUT2D eigenvalue weighted by molar-refractivity contribution is 5.77. The number of amides is 1. The lowest BCUT2D eigenvalue weighted by Crippen LogP contribution is -2.31. The number of H-pyrrole nitrogens is 1. The second-order valence-electron chi connectivity index (χ2n) is 4.67. The lowest BCUT2D eigenvalue weighted by molar-refractivity contribution is -0.123. The van der Waals surface area contributed by atoms with Gasteiger partial charge in [0.25, 0.3) is 5.91 Å². The fraction of sp³-hybridized carbons (Fsp3) is 0.250. The first-order valence-electron chi connectivity index (χ1n) is 6.78. The van der Waals surface area contributed by atoms with E-state index in [4.69, 9.17) is 4.74 Å². The third-order valence-corrected chi connectivity index (χ3v) is 3.03. The summed E-state index contributed by atoms with van der Waals surface area (Å²) in [6.07, 6.45) is 2.31. The normalized spacial score (nSPS) is 10.1. The topological polar surface area (TPSA) is 71.2 Å². The van der Waals surface area contributed by atoms with Crippen molar-refractivity contribution < 1.29 is 9.53 Å². The van der Waals surface area contributed by atoms with Crippen molar-refractivity contribution in [3.8, 4) is 5.75 Å². The van der Waals surface area contributed by atoms with Gasteiger partial charge in [-0.25, -0.2) is 0 Å². The largest absolute Gasteiger partial charge is 0.478 e. The number of rotatable bonds is 6. The van der Waals surface area contributed by atoms with Gasteiger partial charge < -0.3 is 15.0 Å². The summed E-state index contributed by atoms with van der Waals surface area (Å²) in [5.41, 5.74) is 1.54. The predicted octanol–water partition coefficient (Wildman–Crippen LogP) is 1.42. The number of aromatic amines is 1. The Kier molecular flexibility index (Phi) is 5.15. The third-order valence-electron chi connectivity index (χ3n) is 3.03. The van der Waals surface area contributed by atoms with Crippen LogP contribution >= 0.6 is 0 Å². The molecule has 1 aromatic carbocycles. The Morgan fingerprint density at radius 1 is 1.24 bits per heavy atom. The van der Waals surface area contributed by atoms with Gasteiger partial charge in [0, 0.05) is 18.8 Å². The first-order chi connectivity index (χ1) is 10.2. The van der Waals surface area contributed by atoms with E-state index in [0.717, 1.165) is 12.0 Å². The second-order valence-corrected chi connectivity index (χ2v) is 4.67. The predicted molar refractivity (Wildman–Crippen MR) is 80.5 cm³/mol. The molecule has 1 amide bonds. The number of hydrogen-bond donors (Lipinski definition) is 2. The minimum Gasteiger partial charge on any atom is -0.478 e. The number of pyridine rings is 1. The molecular weight excluding hydrogens is 268 g/mol. The Morgan fingerprint density at radius 3 is 2.71 bits per heavy atom. The van der Waals surface area contributed by atoms with Crippen LogP contribution in [0.1, 0.15) is 11.3 Å². The molecule has 0 spiro atoms. The van der Waals surface area contributed by atoms with Crippen molar-refractivity contribution in [1.82, 2.24) is 10.3 Å². The summed E-state index contributed by atoms with van der Waals surface area (Å²) in [7, 11) is 0. The fourth-order valence-electron chi connectivity index (χ4n) is 1.93. The van der Waals surface area contributed by atoms with Crippen molar-refractivity contribution in [2.24, 2.45) is 0 Å². The molecule has 0 aliphatic rings. The van der Waals surface area contributed by atoms with Gasteiger partial charge in [0.15, 0.2) is 12.4 Å². The smallest absolute Gasteiger partial charge is 0.257 e. The number of aryl methyl sites for hydroxylation is 1. The summed E-state index contributed by atoms with van der Waals surface area (Å²) in [5, 5.41) is 2.76. The molecule has 5 nitrogen and oxygen atoms in total. The van der Waals surface area contributed by atoms with Crippen LogP contribution in [-0.4, -0.2) is 24.0 Å². The van der Waals surface area contributed by atoms with Crippen molar-refractivity contribution in [2.75, 3.05) is 13.2 Å². The molecule has 0 bridgehead atoms. The fourth-order valence-corrected chi connectivity index (χ4v) is 1.93. The lowest BCUT2D eigenvalue weighted by atomic mass is 10.1. The molecule has 0 aliphatic carbocycles. The molecule has 0 saturated heterocycles. The first-order valence-corrected chi connectivity index (χ1v) is 6.78. The molecule has 0 fully saturated rings. The van der Waals surface area contributed by atoms with E-state index in [-0.39, 0.29) is 23.7 Å². The average molecular weight is 286 g/mol. The van der Waals surface area contributed by atoms with E-state index in [1.165, 1.54) is 6.07 Å². The summed E-state index contributed by atoms with van der Waals surface area (Å²) in [6, 6.07) is 11.3. The zero-order chi connectivity index (χ0) is 15.1. The van der Waals surface area contributed by atoms with Crippen LogP contribution in [-0.2, 0) is 11.2 Å².